The van der Waals surface area contributed by atoms with Crippen LogP contribution in [0.15, 0.2) is 36.7 Å². The third kappa shape index (κ3) is 3.87. The third-order valence-electron chi connectivity index (χ3n) is 2.55. The first-order valence-electron chi connectivity index (χ1n) is 5.99. The van der Waals surface area contributed by atoms with Gasteiger partial charge in [-0.05, 0) is 30.3 Å². The second kappa shape index (κ2) is 6.78. The quantitative estimate of drug-likeness (QED) is 0.779. The van der Waals surface area contributed by atoms with Crippen LogP contribution < -0.4 is 11.1 Å². The molecule has 0 saturated heterocycles. The van der Waals surface area contributed by atoms with Gasteiger partial charge in [-0.1, -0.05) is 6.07 Å². The van der Waals surface area contributed by atoms with Gasteiger partial charge in [0.1, 0.15) is 0 Å². The molecule has 0 aliphatic rings. The Kier molecular flexibility index (Phi) is 4.75. The number of nitrogens with zero attached hydrogens (tertiary/aromatic N) is 3. The van der Waals surface area contributed by atoms with E-state index in [2.05, 4.69) is 20.5 Å². The Hall–Kier alpha value is -1.85. The molecule has 2 rings (SSSR count). The molecule has 0 fully saturated rings. The summed E-state index contributed by atoms with van der Waals surface area (Å²) in [6, 6.07) is 7.97. The molecule has 0 aliphatic carbocycles. The Bertz CT molecular complexity index is 472. The summed E-state index contributed by atoms with van der Waals surface area (Å²) < 4.78 is 0. The van der Waals surface area contributed by atoms with Crippen LogP contribution in [0.3, 0.4) is 0 Å². The molecule has 0 aromatic carbocycles. The minimum atomic E-state index is 0.632. The van der Waals surface area contributed by atoms with Gasteiger partial charge in [0.2, 0.25) is 0 Å². The summed E-state index contributed by atoms with van der Waals surface area (Å²) in [5, 5.41) is 10.9. The minimum Gasteiger partial charge on any atom is -0.330 e. The maximum atomic E-state index is 5.52. The molecule has 5 nitrogen and oxygen atoms in total. The van der Waals surface area contributed by atoms with Crippen molar-refractivity contribution in [3.8, 4) is 0 Å². The molecule has 18 heavy (non-hydrogen) atoms. The molecule has 5 heteroatoms. The van der Waals surface area contributed by atoms with Crippen LogP contribution in [0, 0.1) is 0 Å². The van der Waals surface area contributed by atoms with E-state index in [1.54, 1.807) is 12.4 Å². The molecule has 0 atom stereocenters. The standard InChI is InChI=1S/C13H17N5/c14-6-4-12-2-1-3-13(18-12)10-15-8-11-5-7-16-17-9-11/h1-3,5,7,9,15H,4,6,8,10,14H2. The lowest BCUT2D eigenvalue weighted by Gasteiger charge is -2.05. The van der Waals surface area contributed by atoms with Crippen molar-refractivity contribution in [1.29, 1.82) is 0 Å². The van der Waals surface area contributed by atoms with E-state index in [-0.39, 0.29) is 0 Å². The SMILES string of the molecule is NCCc1cccc(CNCc2ccnnc2)n1. The minimum absolute atomic E-state index is 0.632. The van der Waals surface area contributed by atoms with Gasteiger partial charge in [-0.3, -0.25) is 4.98 Å². The van der Waals surface area contributed by atoms with Gasteiger partial charge in [-0.25, -0.2) is 0 Å². The smallest absolute Gasteiger partial charge is 0.0545 e. The lowest BCUT2D eigenvalue weighted by molar-refractivity contribution is 0.672. The number of rotatable bonds is 6. The largest absolute Gasteiger partial charge is 0.330 e. The molecule has 0 unspecified atom stereocenters. The predicted octanol–water partition coefficient (Wildman–Crippen LogP) is 0.663. The van der Waals surface area contributed by atoms with Crippen molar-refractivity contribution in [3.63, 3.8) is 0 Å². The number of pyridine rings is 1. The zero-order valence-electron chi connectivity index (χ0n) is 10.2. The van der Waals surface area contributed by atoms with E-state index in [1.165, 1.54) is 0 Å². The van der Waals surface area contributed by atoms with Gasteiger partial charge >= 0.3 is 0 Å². The summed E-state index contributed by atoms with van der Waals surface area (Å²) >= 11 is 0. The average Bonchev–Trinajstić information content (AvgIpc) is 2.41. The predicted molar refractivity (Wildman–Crippen MR) is 69.6 cm³/mol. The van der Waals surface area contributed by atoms with Crippen molar-refractivity contribution in [3.05, 3.63) is 53.6 Å². The van der Waals surface area contributed by atoms with Crippen molar-refractivity contribution in [2.45, 2.75) is 19.5 Å². The van der Waals surface area contributed by atoms with E-state index in [1.807, 2.05) is 24.3 Å². The Balaban J connectivity index is 1.84. The van der Waals surface area contributed by atoms with Crippen molar-refractivity contribution in [2.75, 3.05) is 6.54 Å². The van der Waals surface area contributed by atoms with Crippen LogP contribution in [0.4, 0.5) is 0 Å². The summed E-state index contributed by atoms with van der Waals surface area (Å²) in [6.45, 7) is 2.13. The van der Waals surface area contributed by atoms with Crippen LogP contribution in [-0.2, 0) is 19.5 Å². The van der Waals surface area contributed by atoms with Gasteiger partial charge in [-0.15, -0.1) is 0 Å². The van der Waals surface area contributed by atoms with Gasteiger partial charge in [0.25, 0.3) is 0 Å². The summed E-state index contributed by atoms with van der Waals surface area (Å²) in [5.41, 5.74) is 8.71. The molecule has 3 N–H and O–H groups in total. The number of hydrogen-bond acceptors (Lipinski definition) is 5. The fourth-order valence-corrected chi connectivity index (χ4v) is 1.67. The molecule has 2 aromatic heterocycles. The monoisotopic (exact) mass is 243 g/mol. The van der Waals surface area contributed by atoms with E-state index in [4.69, 9.17) is 5.73 Å². The number of nitrogens with two attached hydrogens (primary N) is 1. The highest BCUT2D eigenvalue weighted by atomic mass is 15.1. The van der Waals surface area contributed by atoms with Crippen molar-refractivity contribution >= 4 is 0 Å². The van der Waals surface area contributed by atoms with Crippen LogP contribution >= 0.6 is 0 Å². The Morgan fingerprint density at radius 3 is 2.72 bits per heavy atom. The zero-order chi connectivity index (χ0) is 12.6. The first-order valence-corrected chi connectivity index (χ1v) is 5.99. The van der Waals surface area contributed by atoms with Gasteiger partial charge in [0.05, 0.1) is 11.9 Å². The molecule has 0 saturated carbocycles. The first-order chi connectivity index (χ1) is 8.88. The zero-order valence-corrected chi connectivity index (χ0v) is 10.2. The summed E-state index contributed by atoms with van der Waals surface area (Å²) in [6.07, 6.45) is 4.27. The third-order valence-corrected chi connectivity index (χ3v) is 2.55. The van der Waals surface area contributed by atoms with E-state index >= 15 is 0 Å². The second-order valence-corrected chi connectivity index (χ2v) is 4.01. The molecule has 0 amide bonds. The molecule has 2 heterocycles. The molecule has 94 valence electrons. The Morgan fingerprint density at radius 2 is 1.94 bits per heavy atom. The topological polar surface area (TPSA) is 76.7 Å². The van der Waals surface area contributed by atoms with E-state index < -0.39 is 0 Å². The fourth-order valence-electron chi connectivity index (χ4n) is 1.67. The van der Waals surface area contributed by atoms with Crippen LogP contribution in [0.5, 0.6) is 0 Å². The van der Waals surface area contributed by atoms with Gasteiger partial charge in [-0.2, -0.15) is 10.2 Å². The summed E-state index contributed by atoms with van der Waals surface area (Å²) in [4.78, 5) is 4.52. The van der Waals surface area contributed by atoms with Gasteiger partial charge in [0.15, 0.2) is 0 Å². The second-order valence-electron chi connectivity index (χ2n) is 4.01. The van der Waals surface area contributed by atoms with E-state index in [0.29, 0.717) is 6.54 Å². The van der Waals surface area contributed by atoms with Crippen molar-refractivity contribution in [2.24, 2.45) is 5.73 Å². The van der Waals surface area contributed by atoms with E-state index in [0.717, 1.165) is 36.5 Å². The lowest BCUT2D eigenvalue weighted by atomic mass is 10.2. The average molecular weight is 243 g/mol. The highest BCUT2D eigenvalue weighted by Crippen LogP contribution is 2.00. The molecule has 0 bridgehead atoms. The first kappa shape index (κ1) is 12.6. The number of aromatic nitrogens is 3. The van der Waals surface area contributed by atoms with Crippen LogP contribution in [0.25, 0.3) is 0 Å². The van der Waals surface area contributed by atoms with Crippen molar-refractivity contribution < 1.29 is 0 Å². The molecule has 0 aliphatic heterocycles. The normalized spacial score (nSPS) is 10.5. The fraction of sp³-hybridized carbons (Fsp3) is 0.308. The molecular formula is C13H17N5. The number of hydrogen-bond donors (Lipinski definition) is 2. The van der Waals surface area contributed by atoms with Gasteiger partial charge in [0, 0.05) is 31.4 Å². The maximum absolute atomic E-state index is 5.52. The Labute approximate surface area is 106 Å². The maximum Gasteiger partial charge on any atom is 0.0545 e. The molecule has 2 aromatic rings. The molecule has 0 spiro atoms. The highest BCUT2D eigenvalue weighted by molar-refractivity contribution is 5.12. The summed E-state index contributed by atoms with van der Waals surface area (Å²) in [7, 11) is 0. The molecule has 0 radical (unpaired) electrons. The lowest BCUT2D eigenvalue weighted by Crippen LogP contribution is -2.14. The van der Waals surface area contributed by atoms with Crippen LogP contribution in [0.2, 0.25) is 0 Å². The number of nitrogens with one attached hydrogen (secondary N) is 1. The Morgan fingerprint density at radius 1 is 1.06 bits per heavy atom. The van der Waals surface area contributed by atoms with Crippen molar-refractivity contribution in [1.82, 2.24) is 20.5 Å². The van der Waals surface area contributed by atoms with E-state index in [9.17, 15) is 0 Å². The van der Waals surface area contributed by atoms with Crippen LogP contribution in [-0.4, -0.2) is 21.7 Å². The molecular weight excluding hydrogens is 226 g/mol. The highest BCUT2D eigenvalue weighted by Gasteiger charge is 1.98. The van der Waals surface area contributed by atoms with Gasteiger partial charge < -0.3 is 11.1 Å². The summed E-state index contributed by atoms with van der Waals surface area (Å²) in [5.74, 6) is 0. The van der Waals surface area contributed by atoms with Crippen LogP contribution in [0.1, 0.15) is 17.0 Å².